The van der Waals surface area contributed by atoms with Crippen LogP contribution in [0.3, 0.4) is 0 Å². The summed E-state index contributed by atoms with van der Waals surface area (Å²) in [6.07, 6.45) is 0.382. The highest BCUT2D eigenvalue weighted by molar-refractivity contribution is 7.90. The van der Waals surface area contributed by atoms with E-state index in [-0.39, 0.29) is 59.6 Å². The van der Waals surface area contributed by atoms with Crippen molar-refractivity contribution >= 4 is 55.1 Å². The number of nitrogens with one attached hydrogen (secondary N) is 2. The number of ketones is 1. The summed E-state index contributed by atoms with van der Waals surface area (Å²) >= 11 is 1.23. The molecule has 4 aromatic rings. The Bertz CT molecular complexity index is 1860. The molecular weight excluding hydrogens is 653 g/mol. The number of aromatic nitrogens is 1. The second-order valence-corrected chi connectivity index (χ2v) is 14.3. The molecule has 0 radical (unpaired) electrons. The number of benzene rings is 3. The highest BCUT2D eigenvalue weighted by Gasteiger charge is 2.40. The number of nitrogens with zero attached hydrogens (tertiary/aromatic N) is 3. The van der Waals surface area contributed by atoms with Crippen molar-refractivity contribution in [2.45, 2.75) is 62.8 Å². The van der Waals surface area contributed by atoms with Gasteiger partial charge in [0.1, 0.15) is 6.04 Å². The van der Waals surface area contributed by atoms with Crippen molar-refractivity contribution < 1.29 is 27.5 Å². The Balaban J connectivity index is 1.26. The first-order chi connectivity index (χ1) is 23.0. The zero-order valence-corrected chi connectivity index (χ0v) is 28.3. The molecule has 1 saturated heterocycles. The van der Waals surface area contributed by atoms with Gasteiger partial charge >= 0.3 is 0 Å². The predicted octanol–water partition coefficient (Wildman–Crippen LogP) is 3.55. The number of guanidine groups is 1. The van der Waals surface area contributed by atoms with Crippen LogP contribution in [-0.2, 0) is 31.0 Å². The third-order valence-electron chi connectivity index (χ3n) is 7.94. The summed E-state index contributed by atoms with van der Waals surface area (Å²) in [5.74, 6) is -1.40. The molecule has 3 atom stereocenters. The molecule has 48 heavy (non-hydrogen) atoms. The third-order valence-corrected chi connectivity index (χ3v) is 10.4. The van der Waals surface area contributed by atoms with Crippen LogP contribution in [0.25, 0.3) is 10.2 Å². The molecule has 12 nitrogen and oxygen atoms in total. The van der Waals surface area contributed by atoms with E-state index in [0.717, 1.165) is 15.8 Å². The second-order valence-electron chi connectivity index (χ2n) is 11.6. The third kappa shape index (κ3) is 8.82. The van der Waals surface area contributed by atoms with E-state index in [1.54, 1.807) is 12.1 Å². The van der Waals surface area contributed by atoms with Crippen LogP contribution >= 0.6 is 11.3 Å². The van der Waals surface area contributed by atoms with E-state index in [1.165, 1.54) is 35.3 Å². The zero-order chi connectivity index (χ0) is 34.3. The first-order valence-electron chi connectivity index (χ1n) is 15.5. The minimum absolute atomic E-state index is 0.0506. The lowest BCUT2D eigenvalue weighted by atomic mass is 10.1. The van der Waals surface area contributed by atoms with Gasteiger partial charge in [-0.25, -0.2) is 18.1 Å². The van der Waals surface area contributed by atoms with E-state index in [4.69, 9.17) is 10.5 Å². The van der Waals surface area contributed by atoms with Gasteiger partial charge in [-0.05, 0) is 49.6 Å². The van der Waals surface area contributed by atoms with E-state index in [0.29, 0.717) is 18.5 Å². The van der Waals surface area contributed by atoms with Gasteiger partial charge < -0.3 is 20.7 Å². The summed E-state index contributed by atoms with van der Waals surface area (Å²) < 4.78 is 34.5. The largest absolute Gasteiger partial charge is 0.372 e. The van der Waals surface area contributed by atoms with Gasteiger partial charge in [0.05, 0.1) is 33.9 Å². The molecule has 2 amide bonds. The fourth-order valence-corrected chi connectivity index (χ4v) is 7.32. The summed E-state index contributed by atoms with van der Waals surface area (Å²) in [7, 11) is -3.92. The quantitative estimate of drug-likeness (QED) is 0.0827. The fraction of sp³-hybridized carbons (Fsp3) is 0.324. The van der Waals surface area contributed by atoms with Gasteiger partial charge in [0.25, 0.3) is 10.0 Å². The van der Waals surface area contributed by atoms with Crippen LogP contribution < -0.4 is 15.8 Å². The lowest BCUT2D eigenvalue weighted by Crippen LogP contribution is -2.50. The molecule has 1 aromatic heterocycles. The Morgan fingerprint density at radius 1 is 1.06 bits per heavy atom. The number of hydrogen-bond acceptors (Lipinski definition) is 9. The number of hydrogen-bond donors (Lipinski definition) is 3. The van der Waals surface area contributed by atoms with Crippen LogP contribution in [0.2, 0.25) is 0 Å². The molecule has 0 saturated carbocycles. The molecule has 2 heterocycles. The molecular formula is C34H38N6O6S2. The number of nitrogens with two attached hydrogens (primary N) is 1. The topological polar surface area (TPSA) is 173 Å². The molecule has 3 aromatic carbocycles. The number of likely N-dealkylation sites (tertiary alicyclic amines) is 1. The Kier molecular flexibility index (Phi) is 11.2. The number of carbonyl (C=O) groups excluding carboxylic acids is 3. The minimum Gasteiger partial charge on any atom is -0.372 e. The van der Waals surface area contributed by atoms with Crippen LogP contribution in [0.4, 0.5) is 0 Å². The number of sulfonamides is 1. The number of para-hydroxylation sites is 1. The van der Waals surface area contributed by atoms with Gasteiger partial charge in [-0.3, -0.25) is 19.4 Å². The molecule has 0 aliphatic carbocycles. The van der Waals surface area contributed by atoms with E-state index in [9.17, 15) is 22.8 Å². The maximum Gasteiger partial charge on any atom is 0.264 e. The van der Waals surface area contributed by atoms with Gasteiger partial charge in [-0.1, -0.05) is 60.2 Å². The fourth-order valence-electron chi connectivity index (χ4n) is 5.41. The van der Waals surface area contributed by atoms with Crippen molar-refractivity contribution in [3.05, 3.63) is 95.0 Å². The Morgan fingerprint density at radius 3 is 2.48 bits per heavy atom. The van der Waals surface area contributed by atoms with Crippen molar-refractivity contribution in [3.63, 3.8) is 0 Å². The van der Waals surface area contributed by atoms with Crippen molar-refractivity contribution in [1.29, 1.82) is 0 Å². The summed E-state index contributed by atoms with van der Waals surface area (Å²) in [5, 5.41) is 3.12. The van der Waals surface area contributed by atoms with Gasteiger partial charge in [0.15, 0.2) is 5.01 Å². The Hall–Kier alpha value is -4.66. The lowest BCUT2D eigenvalue weighted by molar-refractivity contribution is -0.137. The number of ether oxygens (including phenoxy) is 1. The number of thiazole rings is 1. The molecule has 252 valence electrons. The molecule has 1 aliphatic rings. The van der Waals surface area contributed by atoms with Crippen LogP contribution in [0.5, 0.6) is 0 Å². The summed E-state index contributed by atoms with van der Waals surface area (Å²) in [6, 6.07) is 21.5. The smallest absolute Gasteiger partial charge is 0.264 e. The maximum absolute atomic E-state index is 13.8. The number of fused-ring (bicyclic) bond motifs is 1. The average molecular weight is 691 g/mol. The number of amides is 2. The van der Waals surface area contributed by atoms with Gasteiger partial charge in [-0.2, -0.15) is 0 Å². The van der Waals surface area contributed by atoms with Crippen molar-refractivity contribution in [2.75, 3.05) is 13.1 Å². The highest BCUT2D eigenvalue weighted by atomic mass is 32.2. The first-order valence-corrected chi connectivity index (χ1v) is 17.8. The van der Waals surface area contributed by atoms with Crippen molar-refractivity contribution in [2.24, 2.45) is 10.7 Å². The Morgan fingerprint density at radius 2 is 1.77 bits per heavy atom. The zero-order valence-electron chi connectivity index (χ0n) is 26.7. The van der Waals surface area contributed by atoms with Crippen molar-refractivity contribution in [1.82, 2.24) is 19.9 Å². The number of aryl methyl sites for hydroxylation is 1. The van der Waals surface area contributed by atoms with E-state index in [2.05, 4.69) is 20.0 Å². The van der Waals surface area contributed by atoms with Crippen LogP contribution in [-0.4, -0.2) is 73.1 Å². The van der Waals surface area contributed by atoms with Crippen LogP contribution in [0, 0.1) is 6.92 Å². The van der Waals surface area contributed by atoms with Crippen molar-refractivity contribution in [3.8, 4) is 0 Å². The lowest BCUT2D eigenvalue weighted by Gasteiger charge is -2.24. The van der Waals surface area contributed by atoms with Gasteiger partial charge in [0, 0.05) is 26.4 Å². The number of aliphatic imine (C=N–C) groups is 1. The normalized spacial score (nSPS) is 17.3. The number of carbonyl (C=O) groups is 3. The molecule has 3 unspecified atom stereocenters. The van der Waals surface area contributed by atoms with Gasteiger partial charge in [-0.15, -0.1) is 11.3 Å². The molecule has 0 spiro atoms. The summed E-state index contributed by atoms with van der Waals surface area (Å²) in [4.78, 5) is 50.2. The molecule has 5 rings (SSSR count). The standard InChI is InChI=1S/C34H38N6O6S2/c1-22-14-16-26(17-15-22)48(44,45)39-34(35)36-18-8-12-28(31(42)33-38-27-11-6-7-13-30(27)47-33)37-32(43)29-19-25(20-40(29)23(2)41)46-21-24-9-4-3-5-10-24/h3-7,9-11,13-17,25,28-29H,8,12,18-21H2,1-2H3,(H,37,43)(H3,35,36,39). The summed E-state index contributed by atoms with van der Waals surface area (Å²) in [6.45, 7) is 3.93. The molecule has 1 aliphatic heterocycles. The molecule has 1 fully saturated rings. The minimum atomic E-state index is -3.92. The van der Waals surface area contributed by atoms with Crippen LogP contribution in [0.15, 0.2) is 88.8 Å². The van der Waals surface area contributed by atoms with E-state index < -0.39 is 28.0 Å². The monoisotopic (exact) mass is 690 g/mol. The predicted molar refractivity (Wildman–Crippen MR) is 184 cm³/mol. The highest BCUT2D eigenvalue weighted by Crippen LogP contribution is 2.25. The number of Topliss-reactive ketones (excluding diaryl/α,β-unsaturated/α-hetero) is 1. The van der Waals surface area contributed by atoms with Gasteiger partial charge in [0.2, 0.25) is 23.6 Å². The molecule has 0 bridgehead atoms. The molecule has 14 heteroatoms. The maximum atomic E-state index is 13.8. The summed E-state index contributed by atoms with van der Waals surface area (Å²) in [5.41, 5.74) is 8.45. The molecule has 4 N–H and O–H groups in total. The van der Waals surface area contributed by atoms with Crippen LogP contribution in [0.1, 0.15) is 47.1 Å². The average Bonchev–Trinajstić information content (AvgIpc) is 3.70. The second kappa shape index (κ2) is 15.5. The van der Waals surface area contributed by atoms with E-state index >= 15 is 0 Å². The SMILES string of the molecule is CC(=O)N1CC(OCc2ccccc2)CC1C(=O)NC(CCCN=C(N)NS(=O)(=O)c1ccc(C)cc1)C(=O)c1nc2ccccc2s1. The van der Waals surface area contributed by atoms with E-state index in [1.807, 2.05) is 61.5 Å². The Labute approximate surface area is 283 Å². The first kappa shape index (κ1) is 34.7. The number of rotatable bonds is 13.